The fraction of sp³-hybridized carbons (Fsp3) is 0.600. The first-order valence-corrected chi connectivity index (χ1v) is 4.05. The summed E-state index contributed by atoms with van der Waals surface area (Å²) in [6.07, 6.45) is 7.51. The van der Waals surface area contributed by atoms with Gasteiger partial charge in [-0.05, 0) is 5.41 Å². The average Bonchev–Trinajstić information content (AvgIpc) is 1.86. The molecule has 0 amide bonds. The van der Waals surface area contributed by atoms with Crippen molar-refractivity contribution in [3.05, 3.63) is 24.3 Å². The Balaban J connectivity index is 2.74. The van der Waals surface area contributed by atoms with Crippen LogP contribution in [-0.4, -0.2) is 11.2 Å². The van der Waals surface area contributed by atoms with Crippen LogP contribution in [0.1, 0.15) is 20.8 Å². The van der Waals surface area contributed by atoms with Gasteiger partial charge in [0.2, 0.25) is 0 Å². The lowest BCUT2D eigenvalue weighted by Gasteiger charge is -2.32. The topological polar surface area (TPSA) is 20.2 Å². The van der Waals surface area contributed by atoms with E-state index in [-0.39, 0.29) is 17.4 Å². The molecule has 1 rings (SSSR count). The summed E-state index contributed by atoms with van der Waals surface area (Å²) in [5.74, 6) is 0.257. The minimum atomic E-state index is -0.306. The molecule has 2 atom stereocenters. The van der Waals surface area contributed by atoms with Gasteiger partial charge in [0.15, 0.2) is 0 Å². The Morgan fingerprint density at radius 3 is 2.00 bits per heavy atom. The Morgan fingerprint density at radius 1 is 1.09 bits per heavy atom. The van der Waals surface area contributed by atoms with E-state index < -0.39 is 0 Å². The van der Waals surface area contributed by atoms with Crippen LogP contribution in [0, 0.1) is 11.3 Å². The standard InChI is InChI=1S/C10H16O/c1-10(2,3)8-6-4-5-7-9(8)11/h4-9,11H,1-3H3. The van der Waals surface area contributed by atoms with Crippen molar-refractivity contribution in [2.45, 2.75) is 26.9 Å². The lowest BCUT2D eigenvalue weighted by atomic mass is 9.76. The lowest BCUT2D eigenvalue weighted by molar-refractivity contribution is 0.107. The van der Waals surface area contributed by atoms with Gasteiger partial charge in [0, 0.05) is 5.92 Å². The van der Waals surface area contributed by atoms with Crippen LogP contribution in [0.3, 0.4) is 0 Å². The molecule has 0 saturated carbocycles. The molecule has 1 aliphatic rings. The van der Waals surface area contributed by atoms with Gasteiger partial charge in [0.1, 0.15) is 0 Å². The Bertz CT molecular complexity index is 184. The summed E-state index contributed by atoms with van der Waals surface area (Å²) in [6.45, 7) is 6.43. The molecule has 0 heterocycles. The summed E-state index contributed by atoms with van der Waals surface area (Å²) in [7, 11) is 0. The molecular weight excluding hydrogens is 136 g/mol. The third kappa shape index (κ3) is 1.93. The zero-order valence-electron chi connectivity index (χ0n) is 7.41. The van der Waals surface area contributed by atoms with Crippen LogP contribution in [0.4, 0.5) is 0 Å². The van der Waals surface area contributed by atoms with Crippen molar-refractivity contribution in [2.75, 3.05) is 0 Å². The molecule has 0 aromatic rings. The lowest BCUT2D eigenvalue weighted by Crippen LogP contribution is -2.30. The van der Waals surface area contributed by atoms with Crippen LogP contribution in [0.15, 0.2) is 24.3 Å². The van der Waals surface area contributed by atoms with Gasteiger partial charge in [-0.2, -0.15) is 0 Å². The summed E-state index contributed by atoms with van der Waals surface area (Å²) < 4.78 is 0. The maximum absolute atomic E-state index is 9.57. The first-order chi connectivity index (χ1) is 5.02. The molecule has 1 aliphatic carbocycles. The molecule has 11 heavy (non-hydrogen) atoms. The fourth-order valence-electron chi connectivity index (χ4n) is 1.40. The second kappa shape index (κ2) is 2.82. The van der Waals surface area contributed by atoms with Crippen LogP contribution in [-0.2, 0) is 0 Å². The average molecular weight is 152 g/mol. The van der Waals surface area contributed by atoms with Crippen molar-refractivity contribution in [3.63, 3.8) is 0 Å². The molecule has 0 fully saturated rings. The predicted molar refractivity (Wildman–Crippen MR) is 47.2 cm³/mol. The zero-order valence-corrected chi connectivity index (χ0v) is 7.41. The van der Waals surface area contributed by atoms with Crippen molar-refractivity contribution in [1.29, 1.82) is 0 Å². The maximum Gasteiger partial charge on any atom is 0.0791 e. The molecule has 0 saturated heterocycles. The largest absolute Gasteiger partial charge is 0.388 e. The van der Waals surface area contributed by atoms with E-state index in [0.29, 0.717) is 0 Å². The van der Waals surface area contributed by atoms with E-state index in [1.54, 1.807) is 0 Å². The summed E-state index contributed by atoms with van der Waals surface area (Å²) in [5, 5.41) is 9.57. The predicted octanol–water partition coefficient (Wildman–Crippen LogP) is 2.14. The van der Waals surface area contributed by atoms with E-state index in [0.717, 1.165) is 0 Å². The van der Waals surface area contributed by atoms with Crippen LogP contribution in [0.5, 0.6) is 0 Å². The molecule has 0 aliphatic heterocycles. The Labute approximate surface area is 68.4 Å². The van der Waals surface area contributed by atoms with E-state index >= 15 is 0 Å². The normalized spacial score (nSPS) is 30.9. The monoisotopic (exact) mass is 152 g/mol. The molecule has 2 unspecified atom stereocenters. The van der Waals surface area contributed by atoms with E-state index in [2.05, 4.69) is 26.8 Å². The maximum atomic E-state index is 9.57. The first-order valence-electron chi connectivity index (χ1n) is 4.05. The van der Waals surface area contributed by atoms with E-state index in [1.165, 1.54) is 0 Å². The highest BCUT2D eigenvalue weighted by Crippen LogP contribution is 2.31. The molecule has 0 bridgehead atoms. The van der Waals surface area contributed by atoms with Crippen LogP contribution < -0.4 is 0 Å². The van der Waals surface area contributed by atoms with E-state index in [9.17, 15) is 5.11 Å². The van der Waals surface area contributed by atoms with Gasteiger partial charge in [-0.1, -0.05) is 45.1 Å². The summed E-state index contributed by atoms with van der Waals surface area (Å²) >= 11 is 0. The Morgan fingerprint density at radius 2 is 1.64 bits per heavy atom. The van der Waals surface area contributed by atoms with Gasteiger partial charge in [-0.25, -0.2) is 0 Å². The number of hydrogen-bond donors (Lipinski definition) is 1. The van der Waals surface area contributed by atoms with Gasteiger partial charge in [0.25, 0.3) is 0 Å². The zero-order chi connectivity index (χ0) is 8.48. The number of aliphatic hydroxyl groups excluding tert-OH is 1. The highest BCUT2D eigenvalue weighted by Gasteiger charge is 2.28. The molecule has 0 aromatic carbocycles. The minimum Gasteiger partial charge on any atom is -0.388 e. The van der Waals surface area contributed by atoms with Crippen LogP contribution in [0.2, 0.25) is 0 Å². The van der Waals surface area contributed by atoms with Crippen molar-refractivity contribution in [1.82, 2.24) is 0 Å². The van der Waals surface area contributed by atoms with E-state index in [4.69, 9.17) is 0 Å². The molecule has 0 radical (unpaired) electrons. The first kappa shape index (κ1) is 8.54. The third-order valence-electron chi connectivity index (χ3n) is 2.11. The summed E-state index contributed by atoms with van der Waals surface area (Å²) in [6, 6.07) is 0. The van der Waals surface area contributed by atoms with Crippen LogP contribution in [0.25, 0.3) is 0 Å². The quantitative estimate of drug-likeness (QED) is 0.564. The number of rotatable bonds is 0. The smallest absolute Gasteiger partial charge is 0.0791 e. The van der Waals surface area contributed by atoms with Crippen molar-refractivity contribution >= 4 is 0 Å². The molecule has 1 N–H and O–H groups in total. The van der Waals surface area contributed by atoms with Crippen molar-refractivity contribution < 1.29 is 5.11 Å². The summed E-state index contributed by atoms with van der Waals surface area (Å²) in [5.41, 5.74) is 0.153. The third-order valence-corrected chi connectivity index (χ3v) is 2.11. The molecule has 0 aromatic heterocycles. The Hall–Kier alpha value is -0.560. The van der Waals surface area contributed by atoms with E-state index in [1.807, 2.05) is 18.2 Å². The van der Waals surface area contributed by atoms with Crippen LogP contribution >= 0.6 is 0 Å². The molecule has 1 nitrogen and oxygen atoms in total. The highest BCUT2D eigenvalue weighted by molar-refractivity contribution is 5.16. The number of hydrogen-bond acceptors (Lipinski definition) is 1. The second-order valence-electron chi connectivity index (χ2n) is 4.15. The van der Waals surface area contributed by atoms with Gasteiger partial charge in [-0.15, -0.1) is 0 Å². The molecule has 0 spiro atoms. The summed E-state index contributed by atoms with van der Waals surface area (Å²) in [4.78, 5) is 0. The fourth-order valence-corrected chi connectivity index (χ4v) is 1.40. The van der Waals surface area contributed by atoms with Gasteiger partial charge >= 0.3 is 0 Å². The van der Waals surface area contributed by atoms with Crippen molar-refractivity contribution in [3.8, 4) is 0 Å². The van der Waals surface area contributed by atoms with Gasteiger partial charge < -0.3 is 5.11 Å². The number of aliphatic hydroxyl groups is 1. The highest BCUT2D eigenvalue weighted by atomic mass is 16.3. The molecule has 62 valence electrons. The van der Waals surface area contributed by atoms with Gasteiger partial charge in [-0.3, -0.25) is 0 Å². The van der Waals surface area contributed by atoms with Gasteiger partial charge in [0.05, 0.1) is 6.10 Å². The molecule has 1 heteroatoms. The Kier molecular flexibility index (Phi) is 2.19. The molecular formula is C10H16O. The minimum absolute atomic E-state index is 0.153. The van der Waals surface area contributed by atoms with Crippen molar-refractivity contribution in [2.24, 2.45) is 11.3 Å². The second-order valence-corrected chi connectivity index (χ2v) is 4.15. The SMILES string of the molecule is CC(C)(C)C1C=CC=CC1O. The number of allylic oxidation sites excluding steroid dienone is 2.